The topological polar surface area (TPSA) is 77.5 Å². The molecule has 0 spiro atoms. The summed E-state index contributed by atoms with van der Waals surface area (Å²) in [7, 11) is 0. The summed E-state index contributed by atoms with van der Waals surface area (Å²) in [6.45, 7) is 2.19. The first-order valence-electron chi connectivity index (χ1n) is 8.33. The van der Waals surface area contributed by atoms with Gasteiger partial charge in [-0.3, -0.25) is 0 Å². The van der Waals surface area contributed by atoms with Crippen LogP contribution in [0.5, 0.6) is 0 Å². The van der Waals surface area contributed by atoms with E-state index >= 15 is 0 Å². The number of benzene rings is 1. The molecule has 3 N–H and O–H groups in total. The van der Waals surface area contributed by atoms with Gasteiger partial charge in [0.05, 0.1) is 18.0 Å². The van der Waals surface area contributed by atoms with Gasteiger partial charge in [-0.2, -0.15) is 0 Å². The van der Waals surface area contributed by atoms with Crippen LogP contribution in [0.3, 0.4) is 0 Å². The molecule has 1 atom stereocenters. The fourth-order valence-corrected chi connectivity index (χ4v) is 3.00. The summed E-state index contributed by atoms with van der Waals surface area (Å²) < 4.78 is 7.51. The summed E-state index contributed by atoms with van der Waals surface area (Å²) in [5.74, 6) is 0.829. The van der Waals surface area contributed by atoms with Crippen LogP contribution in [0.15, 0.2) is 42.6 Å². The molecule has 0 bridgehead atoms. The van der Waals surface area contributed by atoms with Crippen LogP contribution in [-0.2, 0) is 11.3 Å². The van der Waals surface area contributed by atoms with Crippen LogP contribution < -0.4 is 11.1 Å². The zero-order chi connectivity index (χ0) is 16.4. The predicted octanol–water partition coefficient (Wildman–Crippen LogP) is 2.45. The first-order chi connectivity index (χ1) is 11.8. The minimum atomic E-state index is 0.286. The zero-order valence-electron chi connectivity index (χ0n) is 13.5. The zero-order valence-corrected chi connectivity index (χ0v) is 13.5. The Balaban J connectivity index is 1.60. The molecule has 4 rings (SSSR count). The quantitative estimate of drug-likeness (QED) is 0.754. The van der Waals surface area contributed by atoms with Crippen molar-refractivity contribution in [2.24, 2.45) is 5.73 Å². The molecule has 24 heavy (non-hydrogen) atoms. The Labute approximate surface area is 140 Å². The van der Waals surface area contributed by atoms with Crippen LogP contribution in [0.4, 0.5) is 5.82 Å². The molecule has 0 amide bonds. The van der Waals surface area contributed by atoms with Crippen molar-refractivity contribution in [3.05, 3.63) is 48.2 Å². The first-order valence-corrected chi connectivity index (χ1v) is 8.33. The van der Waals surface area contributed by atoms with Gasteiger partial charge in [-0.25, -0.2) is 9.50 Å². The molecule has 1 aromatic carbocycles. The van der Waals surface area contributed by atoms with Crippen LogP contribution in [-0.4, -0.2) is 33.9 Å². The van der Waals surface area contributed by atoms with Gasteiger partial charge in [0.1, 0.15) is 5.82 Å². The van der Waals surface area contributed by atoms with E-state index in [-0.39, 0.29) is 6.10 Å². The van der Waals surface area contributed by atoms with E-state index in [1.165, 1.54) is 0 Å². The maximum Gasteiger partial charge on any atom is 0.154 e. The number of nitrogens with one attached hydrogen (secondary N) is 1. The number of hydrogen-bond donors (Lipinski definition) is 2. The van der Waals surface area contributed by atoms with E-state index in [0.29, 0.717) is 6.54 Å². The van der Waals surface area contributed by atoms with Gasteiger partial charge < -0.3 is 15.8 Å². The highest BCUT2D eigenvalue weighted by molar-refractivity contribution is 5.63. The monoisotopic (exact) mass is 323 g/mol. The van der Waals surface area contributed by atoms with Crippen LogP contribution >= 0.6 is 0 Å². The molecular weight excluding hydrogens is 302 g/mol. The fourth-order valence-electron chi connectivity index (χ4n) is 3.00. The van der Waals surface area contributed by atoms with Gasteiger partial charge in [-0.05, 0) is 30.5 Å². The highest BCUT2D eigenvalue weighted by Crippen LogP contribution is 2.21. The third-order valence-electron chi connectivity index (χ3n) is 4.38. The molecule has 1 saturated heterocycles. The van der Waals surface area contributed by atoms with Gasteiger partial charge in [-0.1, -0.05) is 24.3 Å². The van der Waals surface area contributed by atoms with Gasteiger partial charge >= 0.3 is 0 Å². The Hall–Kier alpha value is -2.44. The molecular formula is C18H21N5O. The minimum absolute atomic E-state index is 0.286. The number of fused-ring (bicyclic) bond motifs is 1. The van der Waals surface area contributed by atoms with Crippen LogP contribution in [0.1, 0.15) is 18.4 Å². The number of rotatable bonds is 5. The van der Waals surface area contributed by atoms with Crippen LogP contribution in [0.25, 0.3) is 16.9 Å². The second-order valence-electron chi connectivity index (χ2n) is 6.05. The van der Waals surface area contributed by atoms with Gasteiger partial charge in [0, 0.05) is 25.3 Å². The van der Waals surface area contributed by atoms with Gasteiger partial charge in [0.15, 0.2) is 5.65 Å². The molecule has 6 nitrogen and oxygen atoms in total. The SMILES string of the molecule is NCc1ccc(-c2cnc3ccc(NCC4CCCO4)nn23)cc1. The van der Waals surface area contributed by atoms with Gasteiger partial charge in [0.2, 0.25) is 0 Å². The van der Waals surface area contributed by atoms with Crippen molar-refractivity contribution in [2.45, 2.75) is 25.5 Å². The van der Waals surface area contributed by atoms with Crippen LogP contribution in [0.2, 0.25) is 0 Å². The Bertz CT molecular complexity index is 821. The van der Waals surface area contributed by atoms with Crippen molar-refractivity contribution < 1.29 is 4.74 Å². The van der Waals surface area contributed by atoms with Gasteiger partial charge in [0.25, 0.3) is 0 Å². The second kappa shape index (κ2) is 6.59. The molecule has 0 radical (unpaired) electrons. The smallest absolute Gasteiger partial charge is 0.154 e. The number of ether oxygens (including phenoxy) is 1. The number of anilines is 1. The molecule has 6 heteroatoms. The Morgan fingerprint density at radius 2 is 2.08 bits per heavy atom. The summed E-state index contributed by atoms with van der Waals surface area (Å²) in [6, 6.07) is 12.1. The van der Waals surface area contributed by atoms with Crippen molar-refractivity contribution in [2.75, 3.05) is 18.5 Å². The van der Waals surface area contributed by atoms with E-state index in [4.69, 9.17) is 10.5 Å². The van der Waals surface area contributed by atoms with E-state index in [0.717, 1.165) is 54.3 Å². The van der Waals surface area contributed by atoms with E-state index in [1.54, 1.807) is 0 Å². The number of hydrogen-bond acceptors (Lipinski definition) is 5. The average Bonchev–Trinajstić information content (AvgIpc) is 3.29. The summed E-state index contributed by atoms with van der Waals surface area (Å²) in [5.41, 5.74) is 9.65. The standard InChI is InChI=1S/C18H21N5O/c19-10-13-3-5-14(6-4-13)16-12-21-18-8-7-17(22-23(16)18)20-11-15-2-1-9-24-15/h3-8,12,15H,1-2,9-11,19H2,(H,20,22). The number of aromatic nitrogens is 3. The molecule has 1 unspecified atom stereocenters. The van der Waals surface area contributed by atoms with E-state index < -0.39 is 0 Å². The number of nitrogens with zero attached hydrogens (tertiary/aromatic N) is 3. The summed E-state index contributed by atoms with van der Waals surface area (Å²) in [6.07, 6.45) is 4.39. The molecule has 2 aromatic heterocycles. The molecule has 3 aromatic rings. The molecule has 1 aliphatic heterocycles. The molecule has 0 saturated carbocycles. The minimum Gasteiger partial charge on any atom is -0.376 e. The third kappa shape index (κ3) is 2.98. The number of imidazole rings is 1. The molecule has 1 fully saturated rings. The van der Waals surface area contributed by atoms with E-state index in [9.17, 15) is 0 Å². The van der Waals surface area contributed by atoms with Crippen molar-refractivity contribution in [3.8, 4) is 11.3 Å². The fraction of sp³-hybridized carbons (Fsp3) is 0.333. The molecule has 1 aliphatic rings. The predicted molar refractivity (Wildman–Crippen MR) is 93.8 cm³/mol. The van der Waals surface area contributed by atoms with Crippen molar-refractivity contribution >= 4 is 11.5 Å². The van der Waals surface area contributed by atoms with Crippen molar-refractivity contribution in [1.82, 2.24) is 14.6 Å². The Morgan fingerprint density at radius 1 is 1.21 bits per heavy atom. The summed E-state index contributed by atoms with van der Waals surface area (Å²) in [5, 5.41) is 8.04. The van der Waals surface area contributed by atoms with E-state index in [2.05, 4.69) is 27.5 Å². The first kappa shape index (κ1) is 15.1. The lowest BCUT2D eigenvalue weighted by Gasteiger charge is -2.11. The number of nitrogens with two attached hydrogens (primary N) is 1. The second-order valence-corrected chi connectivity index (χ2v) is 6.05. The van der Waals surface area contributed by atoms with Gasteiger partial charge in [-0.15, -0.1) is 5.10 Å². The average molecular weight is 323 g/mol. The van der Waals surface area contributed by atoms with E-state index in [1.807, 2.05) is 35.0 Å². The lowest BCUT2D eigenvalue weighted by molar-refractivity contribution is 0.120. The Morgan fingerprint density at radius 3 is 2.83 bits per heavy atom. The Kier molecular flexibility index (Phi) is 4.15. The molecule has 0 aliphatic carbocycles. The summed E-state index contributed by atoms with van der Waals surface area (Å²) >= 11 is 0. The largest absolute Gasteiger partial charge is 0.376 e. The van der Waals surface area contributed by atoms with Crippen molar-refractivity contribution in [1.29, 1.82) is 0 Å². The normalized spacial score (nSPS) is 17.5. The third-order valence-corrected chi connectivity index (χ3v) is 4.38. The maximum atomic E-state index is 5.67. The summed E-state index contributed by atoms with van der Waals surface area (Å²) in [4.78, 5) is 4.44. The lowest BCUT2D eigenvalue weighted by atomic mass is 10.1. The lowest BCUT2D eigenvalue weighted by Crippen LogP contribution is -2.19. The van der Waals surface area contributed by atoms with Crippen LogP contribution in [0, 0.1) is 0 Å². The molecule has 3 heterocycles. The highest BCUT2D eigenvalue weighted by Gasteiger charge is 2.15. The van der Waals surface area contributed by atoms with Crippen molar-refractivity contribution in [3.63, 3.8) is 0 Å². The highest BCUT2D eigenvalue weighted by atomic mass is 16.5. The molecule has 124 valence electrons. The maximum absolute atomic E-state index is 5.67.